The number of phenolic OH excluding ortho intramolecular Hbond substituents is 2. The number of piperidine rings is 1. The van der Waals surface area contributed by atoms with Gasteiger partial charge in [0.1, 0.15) is 17.2 Å². The summed E-state index contributed by atoms with van der Waals surface area (Å²) in [7, 11) is 2.11. The number of halogens is 1. The highest BCUT2D eigenvalue weighted by Gasteiger charge is 2.40. The molecule has 1 spiro atoms. The molecule has 0 saturated carbocycles. The van der Waals surface area contributed by atoms with Gasteiger partial charge < -0.3 is 15.1 Å². The van der Waals surface area contributed by atoms with Crippen LogP contribution in [0.4, 0.5) is 0 Å². The molecule has 6 heteroatoms. The van der Waals surface area contributed by atoms with Gasteiger partial charge in [-0.15, -0.1) is 0 Å². The summed E-state index contributed by atoms with van der Waals surface area (Å²) in [5.74, 6) is 0.453. The normalized spacial score (nSPS) is 22.6. The van der Waals surface area contributed by atoms with Gasteiger partial charge in [0.15, 0.2) is 0 Å². The number of aliphatic imine (C=N–C) groups is 1. The van der Waals surface area contributed by atoms with Crippen LogP contribution in [0, 0.1) is 0 Å². The van der Waals surface area contributed by atoms with E-state index < -0.39 is 5.66 Å². The van der Waals surface area contributed by atoms with Crippen LogP contribution in [0.3, 0.4) is 0 Å². The van der Waals surface area contributed by atoms with Crippen molar-refractivity contribution in [1.82, 2.24) is 10.2 Å². The van der Waals surface area contributed by atoms with Crippen molar-refractivity contribution in [3.63, 3.8) is 0 Å². The Morgan fingerprint density at radius 3 is 2.59 bits per heavy atom. The van der Waals surface area contributed by atoms with Crippen molar-refractivity contribution in [3.8, 4) is 11.5 Å². The molecule has 1 saturated heterocycles. The van der Waals surface area contributed by atoms with Crippen LogP contribution in [0.1, 0.15) is 36.4 Å². The Bertz CT molecular complexity index is 875. The molecule has 27 heavy (non-hydrogen) atoms. The van der Waals surface area contributed by atoms with Crippen LogP contribution in [0.2, 0.25) is 5.02 Å². The maximum atomic E-state index is 10.4. The summed E-state index contributed by atoms with van der Waals surface area (Å²) in [5, 5.41) is 25.1. The van der Waals surface area contributed by atoms with E-state index in [-0.39, 0.29) is 17.5 Å². The third-order valence-corrected chi connectivity index (χ3v) is 5.82. The van der Waals surface area contributed by atoms with E-state index in [1.54, 1.807) is 24.3 Å². The van der Waals surface area contributed by atoms with Crippen molar-refractivity contribution < 1.29 is 10.2 Å². The molecule has 2 aliphatic rings. The molecule has 4 rings (SSSR count). The standard InChI is InChI=1S/C21H24ClN3O2/c1-25-10-8-21(9-11-25)23-17(15-4-2-3-5-19(15)26)13-18(24-21)16-12-14(22)6-7-20(16)27/h2-7,12,17,23,26-27H,8-11,13H2,1H3/t17-/m0/s1. The summed E-state index contributed by atoms with van der Waals surface area (Å²) in [6.07, 6.45) is 2.32. The molecule has 2 aromatic rings. The highest BCUT2D eigenvalue weighted by Crippen LogP contribution is 2.38. The Morgan fingerprint density at radius 1 is 1.11 bits per heavy atom. The average molecular weight is 386 g/mol. The molecular weight excluding hydrogens is 362 g/mol. The van der Waals surface area contributed by atoms with Gasteiger partial charge in [-0.2, -0.15) is 0 Å². The Hall–Kier alpha value is -2.08. The third kappa shape index (κ3) is 3.68. The van der Waals surface area contributed by atoms with Crippen molar-refractivity contribution in [1.29, 1.82) is 0 Å². The van der Waals surface area contributed by atoms with Crippen LogP contribution >= 0.6 is 11.6 Å². The maximum absolute atomic E-state index is 10.4. The first-order chi connectivity index (χ1) is 13.0. The predicted molar refractivity (Wildman–Crippen MR) is 108 cm³/mol. The molecule has 0 amide bonds. The largest absolute Gasteiger partial charge is 0.508 e. The van der Waals surface area contributed by atoms with E-state index >= 15 is 0 Å². The smallest absolute Gasteiger partial charge is 0.124 e. The molecule has 142 valence electrons. The highest BCUT2D eigenvalue weighted by atomic mass is 35.5. The molecule has 5 nitrogen and oxygen atoms in total. The van der Waals surface area contributed by atoms with Gasteiger partial charge in [0, 0.05) is 47.4 Å². The summed E-state index contributed by atoms with van der Waals surface area (Å²) >= 11 is 6.18. The summed E-state index contributed by atoms with van der Waals surface area (Å²) in [4.78, 5) is 7.36. The molecule has 0 bridgehead atoms. The molecule has 1 atom stereocenters. The number of phenols is 2. The fraction of sp³-hybridized carbons (Fsp3) is 0.381. The molecule has 0 radical (unpaired) electrons. The van der Waals surface area contributed by atoms with E-state index in [4.69, 9.17) is 16.6 Å². The quantitative estimate of drug-likeness (QED) is 0.737. The van der Waals surface area contributed by atoms with E-state index in [1.165, 1.54) is 0 Å². The van der Waals surface area contributed by atoms with Gasteiger partial charge in [-0.05, 0) is 44.2 Å². The topological polar surface area (TPSA) is 68.1 Å². The Morgan fingerprint density at radius 2 is 1.85 bits per heavy atom. The number of benzene rings is 2. The zero-order chi connectivity index (χ0) is 19.0. The van der Waals surface area contributed by atoms with Crippen LogP contribution < -0.4 is 5.32 Å². The van der Waals surface area contributed by atoms with Gasteiger partial charge in [-0.1, -0.05) is 29.8 Å². The van der Waals surface area contributed by atoms with E-state index in [0.717, 1.165) is 37.2 Å². The number of nitrogens with one attached hydrogen (secondary N) is 1. The van der Waals surface area contributed by atoms with Gasteiger partial charge in [-0.25, -0.2) is 0 Å². The molecule has 2 aromatic carbocycles. The number of nitrogens with zero attached hydrogens (tertiary/aromatic N) is 2. The zero-order valence-electron chi connectivity index (χ0n) is 15.3. The monoisotopic (exact) mass is 385 g/mol. The van der Waals surface area contributed by atoms with E-state index in [0.29, 0.717) is 17.0 Å². The third-order valence-electron chi connectivity index (χ3n) is 5.59. The lowest BCUT2D eigenvalue weighted by atomic mass is 9.87. The fourth-order valence-corrected chi connectivity index (χ4v) is 4.20. The fourth-order valence-electron chi connectivity index (χ4n) is 4.03. The van der Waals surface area contributed by atoms with E-state index in [9.17, 15) is 10.2 Å². The molecule has 3 N–H and O–H groups in total. The summed E-state index contributed by atoms with van der Waals surface area (Å²) in [6, 6.07) is 12.4. The SMILES string of the molecule is CN1CCC2(CC1)N=C(c1cc(Cl)ccc1O)C[C@@H](c1ccccc1O)N2. The van der Waals surface area contributed by atoms with E-state index in [2.05, 4.69) is 17.3 Å². The Labute approximate surface area is 164 Å². The predicted octanol–water partition coefficient (Wildman–Crippen LogP) is 3.70. The van der Waals surface area contributed by atoms with Crippen LogP contribution in [0.15, 0.2) is 47.5 Å². The lowest BCUT2D eigenvalue weighted by Gasteiger charge is -2.44. The van der Waals surface area contributed by atoms with Crippen molar-refractivity contribution in [2.24, 2.45) is 4.99 Å². The molecule has 0 aromatic heterocycles. The second-order valence-electron chi connectivity index (χ2n) is 7.51. The van der Waals surface area contributed by atoms with Crippen LogP contribution in [-0.4, -0.2) is 46.6 Å². The number of rotatable bonds is 2. The molecule has 1 fully saturated rings. The first-order valence-corrected chi connectivity index (χ1v) is 9.65. The van der Waals surface area contributed by atoms with Gasteiger partial charge in [0.05, 0.1) is 0 Å². The second kappa shape index (κ2) is 7.15. The van der Waals surface area contributed by atoms with Crippen LogP contribution in [-0.2, 0) is 0 Å². The minimum Gasteiger partial charge on any atom is -0.508 e. The summed E-state index contributed by atoms with van der Waals surface area (Å²) in [6.45, 7) is 1.89. The highest BCUT2D eigenvalue weighted by molar-refractivity contribution is 6.31. The Kier molecular flexibility index (Phi) is 4.84. The van der Waals surface area contributed by atoms with Crippen molar-refractivity contribution in [2.45, 2.75) is 31.0 Å². The molecule has 0 unspecified atom stereocenters. The minimum absolute atomic E-state index is 0.0829. The first kappa shape index (κ1) is 18.3. The van der Waals surface area contributed by atoms with E-state index in [1.807, 2.05) is 18.2 Å². The van der Waals surface area contributed by atoms with Gasteiger partial charge in [-0.3, -0.25) is 10.3 Å². The zero-order valence-corrected chi connectivity index (χ0v) is 16.1. The number of aromatic hydroxyl groups is 2. The molecule has 0 aliphatic carbocycles. The van der Waals surface area contributed by atoms with Crippen molar-refractivity contribution in [3.05, 3.63) is 58.6 Å². The van der Waals surface area contributed by atoms with Crippen LogP contribution in [0.5, 0.6) is 11.5 Å². The maximum Gasteiger partial charge on any atom is 0.124 e. The van der Waals surface area contributed by atoms with Crippen molar-refractivity contribution in [2.75, 3.05) is 20.1 Å². The Balaban J connectivity index is 1.78. The number of hydrogen-bond acceptors (Lipinski definition) is 5. The summed E-state index contributed by atoms with van der Waals surface area (Å²) in [5.41, 5.74) is 1.95. The molecular formula is C21H24ClN3O2. The molecule has 2 aliphatic heterocycles. The summed E-state index contributed by atoms with van der Waals surface area (Å²) < 4.78 is 0. The number of hydrogen-bond donors (Lipinski definition) is 3. The van der Waals surface area contributed by atoms with Crippen molar-refractivity contribution >= 4 is 17.3 Å². The number of likely N-dealkylation sites (tertiary alicyclic amines) is 1. The van der Waals surface area contributed by atoms with Gasteiger partial charge >= 0.3 is 0 Å². The van der Waals surface area contributed by atoms with Crippen LogP contribution in [0.25, 0.3) is 0 Å². The van der Waals surface area contributed by atoms with Gasteiger partial charge in [0.2, 0.25) is 0 Å². The second-order valence-corrected chi connectivity index (χ2v) is 7.95. The lowest BCUT2D eigenvalue weighted by molar-refractivity contribution is 0.144. The molecule has 2 heterocycles. The first-order valence-electron chi connectivity index (χ1n) is 9.27. The minimum atomic E-state index is -0.401. The average Bonchev–Trinajstić information content (AvgIpc) is 2.66. The van der Waals surface area contributed by atoms with Gasteiger partial charge in [0.25, 0.3) is 0 Å². The lowest BCUT2D eigenvalue weighted by Crippen LogP contribution is -2.55. The number of para-hydroxylation sites is 1.